The zero-order valence-corrected chi connectivity index (χ0v) is 16.8. The van der Waals surface area contributed by atoms with Crippen molar-refractivity contribution in [2.45, 2.75) is 25.7 Å². The number of ether oxygens (including phenoxy) is 2. The normalized spacial score (nSPS) is 22.7. The second kappa shape index (κ2) is 10.2. The van der Waals surface area contributed by atoms with Crippen LogP contribution in [-0.2, 0) is 19.7 Å². The van der Waals surface area contributed by atoms with Gasteiger partial charge in [0.15, 0.2) is 0 Å². The minimum atomic E-state index is -3.34. The first-order chi connectivity index (χ1) is 12.0. The summed E-state index contributed by atoms with van der Waals surface area (Å²) in [4.78, 5) is 2.40. The molecule has 25 heavy (non-hydrogen) atoms. The van der Waals surface area contributed by atoms with E-state index in [1.54, 1.807) is 29.9 Å². The van der Waals surface area contributed by atoms with Crippen molar-refractivity contribution in [3.8, 4) is 0 Å². The van der Waals surface area contributed by atoms with Gasteiger partial charge in [-0.25, -0.2) is 0 Å². The summed E-state index contributed by atoms with van der Waals surface area (Å²) < 4.78 is 39.2. The summed E-state index contributed by atoms with van der Waals surface area (Å²) in [5, 5.41) is 0. The second-order valence-electron chi connectivity index (χ2n) is 7.36. The number of likely N-dealkylation sites (tertiary alicyclic amines) is 1. The van der Waals surface area contributed by atoms with Crippen LogP contribution in [0.5, 0.6) is 0 Å². The highest BCUT2D eigenvalue weighted by Crippen LogP contribution is 2.23. The van der Waals surface area contributed by atoms with Crippen molar-refractivity contribution in [1.29, 1.82) is 0 Å². The number of hydrogen-bond donors (Lipinski definition) is 0. The fourth-order valence-electron chi connectivity index (χ4n) is 3.81. The van der Waals surface area contributed by atoms with Crippen LogP contribution >= 0.6 is 0 Å². The first kappa shape index (κ1) is 21.1. The maximum atomic E-state index is 12.8. The molecule has 2 fully saturated rings. The Hall–Kier alpha value is -0.250. The van der Waals surface area contributed by atoms with Crippen LogP contribution in [0.3, 0.4) is 0 Å². The minimum Gasteiger partial charge on any atom is -0.384 e. The summed E-state index contributed by atoms with van der Waals surface area (Å²) in [6.45, 7) is 6.36. The molecule has 0 unspecified atom stereocenters. The summed E-state index contributed by atoms with van der Waals surface area (Å²) in [6.07, 6.45) is 3.89. The van der Waals surface area contributed by atoms with Gasteiger partial charge < -0.3 is 14.4 Å². The van der Waals surface area contributed by atoms with E-state index in [2.05, 4.69) is 4.90 Å². The molecule has 8 heteroatoms. The molecule has 0 aliphatic carbocycles. The lowest BCUT2D eigenvalue weighted by Gasteiger charge is -2.36. The first-order valence-electron chi connectivity index (χ1n) is 9.39. The van der Waals surface area contributed by atoms with Crippen molar-refractivity contribution in [3.05, 3.63) is 0 Å². The van der Waals surface area contributed by atoms with Gasteiger partial charge in [-0.05, 0) is 50.6 Å². The third kappa shape index (κ3) is 6.15. The van der Waals surface area contributed by atoms with Crippen LogP contribution in [-0.4, -0.2) is 95.7 Å². The minimum absolute atomic E-state index is 0.449. The Bertz CT molecular complexity index is 472. The maximum Gasteiger partial charge on any atom is 0.281 e. The Morgan fingerprint density at radius 3 is 2.12 bits per heavy atom. The Kier molecular flexibility index (Phi) is 8.57. The van der Waals surface area contributed by atoms with Gasteiger partial charge in [0.1, 0.15) is 0 Å². The Balaban J connectivity index is 1.77. The van der Waals surface area contributed by atoms with E-state index in [9.17, 15) is 8.42 Å². The third-order valence-corrected chi connectivity index (χ3v) is 7.48. The monoisotopic (exact) mass is 377 g/mol. The van der Waals surface area contributed by atoms with Crippen LogP contribution in [0.15, 0.2) is 0 Å². The second-order valence-corrected chi connectivity index (χ2v) is 9.40. The average Bonchev–Trinajstić information content (AvgIpc) is 2.62. The molecule has 0 spiro atoms. The van der Waals surface area contributed by atoms with Crippen molar-refractivity contribution < 1.29 is 17.9 Å². The lowest BCUT2D eigenvalue weighted by atomic mass is 9.97. The molecule has 2 aliphatic heterocycles. The highest BCUT2D eigenvalue weighted by molar-refractivity contribution is 7.86. The van der Waals surface area contributed by atoms with Crippen LogP contribution in [0.2, 0.25) is 0 Å². The summed E-state index contributed by atoms with van der Waals surface area (Å²) >= 11 is 0. The SMILES string of the molecule is COCCN1CCC(CN(C)S(=O)(=O)N2CCC(COC)CC2)CC1. The van der Waals surface area contributed by atoms with Crippen LogP contribution in [0.1, 0.15) is 25.7 Å². The summed E-state index contributed by atoms with van der Waals surface area (Å²) in [5.74, 6) is 0.933. The predicted octanol–water partition coefficient (Wildman–Crippen LogP) is 0.880. The van der Waals surface area contributed by atoms with E-state index in [4.69, 9.17) is 9.47 Å². The number of hydrogen-bond acceptors (Lipinski definition) is 5. The molecule has 2 saturated heterocycles. The molecule has 148 valence electrons. The van der Waals surface area contributed by atoms with Crippen molar-refractivity contribution in [2.24, 2.45) is 11.8 Å². The number of nitrogens with zero attached hydrogens (tertiary/aromatic N) is 3. The van der Waals surface area contributed by atoms with E-state index in [0.717, 1.165) is 58.5 Å². The highest BCUT2D eigenvalue weighted by atomic mass is 32.2. The molecule has 0 aromatic heterocycles. The number of methoxy groups -OCH3 is 2. The van der Waals surface area contributed by atoms with Gasteiger partial charge in [-0.2, -0.15) is 17.0 Å². The van der Waals surface area contributed by atoms with Gasteiger partial charge in [0, 0.05) is 54.1 Å². The smallest absolute Gasteiger partial charge is 0.281 e. The van der Waals surface area contributed by atoms with Gasteiger partial charge in [0.25, 0.3) is 10.2 Å². The Morgan fingerprint density at radius 2 is 1.56 bits per heavy atom. The molecule has 0 aromatic rings. The van der Waals surface area contributed by atoms with Gasteiger partial charge >= 0.3 is 0 Å². The van der Waals surface area contributed by atoms with E-state index in [0.29, 0.717) is 31.5 Å². The van der Waals surface area contributed by atoms with Gasteiger partial charge in [0.2, 0.25) is 0 Å². The number of piperidine rings is 2. The van der Waals surface area contributed by atoms with Crippen LogP contribution in [0.4, 0.5) is 0 Å². The van der Waals surface area contributed by atoms with E-state index in [1.165, 1.54) is 0 Å². The molecular formula is C17H35N3O4S. The summed E-state index contributed by atoms with van der Waals surface area (Å²) in [7, 11) is 1.83. The van der Waals surface area contributed by atoms with Crippen LogP contribution in [0.25, 0.3) is 0 Å². The van der Waals surface area contributed by atoms with Gasteiger partial charge in [-0.15, -0.1) is 0 Å². The summed E-state index contributed by atoms with van der Waals surface area (Å²) in [5.41, 5.74) is 0. The van der Waals surface area contributed by atoms with E-state index >= 15 is 0 Å². The van der Waals surface area contributed by atoms with Crippen molar-refractivity contribution >= 4 is 10.2 Å². The molecular weight excluding hydrogens is 342 g/mol. The molecule has 0 bridgehead atoms. The van der Waals surface area contributed by atoms with E-state index < -0.39 is 10.2 Å². The zero-order valence-electron chi connectivity index (χ0n) is 16.0. The van der Waals surface area contributed by atoms with Crippen molar-refractivity contribution in [3.63, 3.8) is 0 Å². The molecule has 0 aromatic carbocycles. The van der Waals surface area contributed by atoms with E-state index in [-0.39, 0.29) is 0 Å². The molecule has 0 amide bonds. The predicted molar refractivity (Wildman–Crippen MR) is 98.8 cm³/mol. The van der Waals surface area contributed by atoms with E-state index in [1.807, 2.05) is 0 Å². The fourth-order valence-corrected chi connectivity index (χ4v) is 5.28. The molecule has 2 aliphatic rings. The number of rotatable bonds is 9. The van der Waals surface area contributed by atoms with Gasteiger partial charge in [-0.1, -0.05) is 0 Å². The van der Waals surface area contributed by atoms with Gasteiger partial charge in [0.05, 0.1) is 6.61 Å². The zero-order chi connectivity index (χ0) is 18.3. The first-order valence-corrected chi connectivity index (χ1v) is 10.8. The lowest BCUT2D eigenvalue weighted by Crippen LogP contribution is -2.48. The van der Waals surface area contributed by atoms with Gasteiger partial charge in [-0.3, -0.25) is 0 Å². The highest BCUT2D eigenvalue weighted by Gasteiger charge is 2.32. The lowest BCUT2D eigenvalue weighted by molar-refractivity contribution is 0.113. The molecule has 0 saturated carbocycles. The fraction of sp³-hybridized carbons (Fsp3) is 1.00. The molecule has 2 rings (SSSR count). The van der Waals surface area contributed by atoms with Crippen molar-refractivity contribution in [1.82, 2.24) is 13.5 Å². The van der Waals surface area contributed by atoms with Crippen LogP contribution in [0, 0.1) is 11.8 Å². The maximum absolute atomic E-state index is 12.8. The third-order valence-electron chi connectivity index (χ3n) is 5.53. The Morgan fingerprint density at radius 1 is 0.960 bits per heavy atom. The average molecular weight is 378 g/mol. The quantitative estimate of drug-likeness (QED) is 0.597. The van der Waals surface area contributed by atoms with Crippen LogP contribution < -0.4 is 0 Å². The molecule has 7 nitrogen and oxygen atoms in total. The van der Waals surface area contributed by atoms with Crippen molar-refractivity contribution in [2.75, 3.05) is 73.7 Å². The standard InChI is InChI=1S/C17H35N3O4S/c1-18(14-16-4-8-19(9-5-16)12-13-23-2)25(21,22)20-10-6-17(7-11-20)15-24-3/h16-17H,4-15H2,1-3H3. The molecule has 0 atom stereocenters. The topological polar surface area (TPSA) is 62.3 Å². The summed E-state index contributed by atoms with van der Waals surface area (Å²) in [6, 6.07) is 0. The molecule has 0 radical (unpaired) electrons. The largest absolute Gasteiger partial charge is 0.384 e. The molecule has 0 N–H and O–H groups in total. The Labute approximate surface area is 153 Å². The molecule has 2 heterocycles.